The van der Waals surface area contributed by atoms with Gasteiger partial charge in [0.1, 0.15) is 19.3 Å². The lowest BCUT2D eigenvalue weighted by molar-refractivity contribution is -0.302. The first-order valence-corrected chi connectivity index (χ1v) is 17.4. The zero-order valence-corrected chi connectivity index (χ0v) is 28.5. The summed E-state index contributed by atoms with van der Waals surface area (Å²) < 4.78 is 34.2. The molecule has 0 bridgehead atoms. The Morgan fingerprint density at radius 2 is 0.913 bits per heavy atom. The fourth-order valence-electron chi connectivity index (χ4n) is 4.99. The molecule has 1 heterocycles. The van der Waals surface area contributed by atoms with Crippen LogP contribution in [0.25, 0.3) is 0 Å². The molecule has 5 atom stereocenters. The molecule has 12 nitrogen and oxygen atoms in total. The van der Waals surface area contributed by atoms with E-state index in [1.807, 2.05) is 20.8 Å². The maximum Gasteiger partial charge on any atom is 0.334 e. The standard InChI is InChI=1S/C34H58O12/c1-5-9-13-14-18-22-29(39)45-33-32(44-28(38)21-17-12-8-4)31(43-27(37)20-16-11-7-3)25(42-34(33)46-30(40)23-35)24-41-26(36)19-15-10-6-2/h25,31-35H,5-24H2,1-4H3/t25-,31-,32+,33+,34+/m1/s1. The summed E-state index contributed by atoms with van der Waals surface area (Å²) in [6.45, 7) is 6.68. The number of aliphatic hydroxyl groups excluding tert-OH is 1. The van der Waals surface area contributed by atoms with Gasteiger partial charge in [0, 0.05) is 25.7 Å². The number of esters is 5. The second kappa shape index (κ2) is 25.4. The van der Waals surface area contributed by atoms with Crippen molar-refractivity contribution < 1.29 is 57.5 Å². The van der Waals surface area contributed by atoms with Gasteiger partial charge in [0.05, 0.1) is 0 Å². The first-order chi connectivity index (χ1) is 22.2. The molecule has 0 radical (unpaired) electrons. The normalized spacial score (nSPS) is 20.8. The van der Waals surface area contributed by atoms with Crippen LogP contribution in [-0.4, -0.2) is 78.9 Å². The highest BCUT2D eigenvalue weighted by Gasteiger charge is 2.54. The highest BCUT2D eigenvalue weighted by Crippen LogP contribution is 2.31. The van der Waals surface area contributed by atoms with E-state index in [4.69, 9.17) is 28.4 Å². The third kappa shape index (κ3) is 17.3. The molecule has 1 fully saturated rings. The summed E-state index contributed by atoms with van der Waals surface area (Å²) in [5.74, 6) is -3.45. The van der Waals surface area contributed by atoms with Crippen LogP contribution in [0.2, 0.25) is 0 Å². The number of rotatable bonds is 25. The maximum atomic E-state index is 13.1. The van der Waals surface area contributed by atoms with Crippen molar-refractivity contribution in [3.63, 3.8) is 0 Å². The van der Waals surface area contributed by atoms with Crippen molar-refractivity contribution in [2.75, 3.05) is 13.2 Å². The van der Waals surface area contributed by atoms with Gasteiger partial charge in [0.15, 0.2) is 12.2 Å². The van der Waals surface area contributed by atoms with Gasteiger partial charge in [-0.05, 0) is 25.7 Å². The highest BCUT2D eigenvalue weighted by atomic mass is 16.7. The van der Waals surface area contributed by atoms with Crippen LogP contribution in [0.1, 0.15) is 143 Å². The highest BCUT2D eigenvalue weighted by molar-refractivity contribution is 5.73. The van der Waals surface area contributed by atoms with E-state index < -0.39 is 73.8 Å². The molecule has 1 aliphatic heterocycles. The molecular formula is C34H58O12. The Morgan fingerprint density at radius 1 is 0.500 bits per heavy atom. The molecule has 0 aromatic carbocycles. The average molecular weight is 659 g/mol. The quantitative estimate of drug-likeness (QED) is 0.0733. The number of aliphatic hydroxyl groups is 1. The van der Waals surface area contributed by atoms with Gasteiger partial charge in [-0.1, -0.05) is 91.9 Å². The summed E-state index contributed by atoms with van der Waals surface area (Å²) in [6, 6.07) is 0. The smallest absolute Gasteiger partial charge is 0.334 e. The van der Waals surface area contributed by atoms with Crippen LogP contribution >= 0.6 is 0 Å². The Bertz CT molecular complexity index is 891. The zero-order valence-electron chi connectivity index (χ0n) is 28.5. The van der Waals surface area contributed by atoms with Gasteiger partial charge in [0.2, 0.25) is 12.4 Å². The number of carbonyl (C=O) groups is 5. The molecular weight excluding hydrogens is 600 g/mol. The summed E-state index contributed by atoms with van der Waals surface area (Å²) in [5.41, 5.74) is 0. The van der Waals surface area contributed by atoms with E-state index >= 15 is 0 Å². The summed E-state index contributed by atoms with van der Waals surface area (Å²) in [4.78, 5) is 63.8. The molecule has 1 rings (SSSR count). The van der Waals surface area contributed by atoms with Crippen molar-refractivity contribution in [1.29, 1.82) is 0 Å². The van der Waals surface area contributed by atoms with Crippen LogP contribution in [0.15, 0.2) is 0 Å². The summed E-state index contributed by atoms with van der Waals surface area (Å²) in [5, 5.41) is 9.41. The predicted molar refractivity (Wildman–Crippen MR) is 168 cm³/mol. The predicted octanol–water partition coefficient (Wildman–Crippen LogP) is 5.63. The van der Waals surface area contributed by atoms with Gasteiger partial charge in [-0.3, -0.25) is 19.2 Å². The Balaban J connectivity index is 3.40. The second-order valence-electron chi connectivity index (χ2n) is 11.8. The Morgan fingerprint density at radius 3 is 1.41 bits per heavy atom. The van der Waals surface area contributed by atoms with Gasteiger partial charge in [0.25, 0.3) is 0 Å². The number of unbranched alkanes of at least 4 members (excludes halogenated alkanes) is 10. The van der Waals surface area contributed by atoms with Crippen molar-refractivity contribution in [1.82, 2.24) is 0 Å². The SMILES string of the molecule is CCCCCCCC(=O)O[C@@H]1[C@H](OC(=O)CO)O[C@H](COC(=O)CCCCC)[C@@H](OC(=O)CCCCC)[C@@H]1OC(=O)CCCCC. The molecule has 46 heavy (non-hydrogen) atoms. The average Bonchev–Trinajstić information content (AvgIpc) is 3.03. The molecule has 1 N–H and O–H groups in total. The van der Waals surface area contributed by atoms with E-state index in [-0.39, 0.29) is 25.7 Å². The van der Waals surface area contributed by atoms with Crippen LogP contribution in [0, 0.1) is 0 Å². The molecule has 0 aliphatic carbocycles. The molecule has 0 aromatic heterocycles. The molecule has 0 amide bonds. The van der Waals surface area contributed by atoms with E-state index in [1.165, 1.54) is 0 Å². The molecule has 12 heteroatoms. The fraction of sp³-hybridized carbons (Fsp3) is 0.853. The third-order valence-electron chi connectivity index (χ3n) is 7.62. The molecule has 0 saturated carbocycles. The van der Waals surface area contributed by atoms with E-state index in [0.29, 0.717) is 25.7 Å². The lowest BCUT2D eigenvalue weighted by atomic mass is 9.97. The molecule has 1 aliphatic rings. The fourth-order valence-corrected chi connectivity index (χ4v) is 4.99. The van der Waals surface area contributed by atoms with Crippen LogP contribution in [-0.2, 0) is 52.4 Å². The van der Waals surface area contributed by atoms with Crippen molar-refractivity contribution in [3.8, 4) is 0 Å². The molecule has 0 spiro atoms. The van der Waals surface area contributed by atoms with Crippen molar-refractivity contribution >= 4 is 29.8 Å². The van der Waals surface area contributed by atoms with Gasteiger partial charge >= 0.3 is 29.8 Å². The van der Waals surface area contributed by atoms with Gasteiger partial charge in [-0.25, -0.2) is 4.79 Å². The van der Waals surface area contributed by atoms with Crippen LogP contribution in [0.4, 0.5) is 0 Å². The first kappa shape index (κ1) is 41.3. The minimum absolute atomic E-state index is 0.0539. The van der Waals surface area contributed by atoms with E-state index in [0.717, 1.165) is 64.2 Å². The minimum Gasteiger partial charge on any atom is -0.463 e. The Hall–Kier alpha value is -2.73. The first-order valence-electron chi connectivity index (χ1n) is 17.4. The van der Waals surface area contributed by atoms with Crippen molar-refractivity contribution in [3.05, 3.63) is 0 Å². The minimum atomic E-state index is -1.64. The summed E-state index contributed by atoms with van der Waals surface area (Å²) >= 11 is 0. The van der Waals surface area contributed by atoms with Crippen LogP contribution in [0.5, 0.6) is 0 Å². The molecule has 0 aromatic rings. The van der Waals surface area contributed by atoms with E-state index in [1.54, 1.807) is 0 Å². The number of hydrogen-bond acceptors (Lipinski definition) is 12. The second-order valence-corrected chi connectivity index (χ2v) is 11.8. The lowest BCUT2D eigenvalue weighted by Crippen LogP contribution is -2.63. The van der Waals surface area contributed by atoms with Crippen LogP contribution < -0.4 is 0 Å². The zero-order chi connectivity index (χ0) is 34.2. The maximum absolute atomic E-state index is 13.1. The Kier molecular flexibility index (Phi) is 22.8. The third-order valence-corrected chi connectivity index (χ3v) is 7.62. The van der Waals surface area contributed by atoms with Crippen molar-refractivity contribution in [2.45, 2.75) is 174 Å². The summed E-state index contributed by atoms with van der Waals surface area (Å²) in [7, 11) is 0. The largest absolute Gasteiger partial charge is 0.463 e. The summed E-state index contributed by atoms with van der Waals surface area (Å²) in [6.07, 6.45) is 4.39. The number of ether oxygens (including phenoxy) is 6. The molecule has 0 unspecified atom stereocenters. The number of hydrogen-bond donors (Lipinski definition) is 1. The van der Waals surface area contributed by atoms with Gasteiger partial charge in [-0.2, -0.15) is 0 Å². The number of carbonyl (C=O) groups excluding carboxylic acids is 5. The monoisotopic (exact) mass is 658 g/mol. The molecule has 1 saturated heterocycles. The lowest BCUT2D eigenvalue weighted by Gasteiger charge is -2.44. The van der Waals surface area contributed by atoms with E-state index in [9.17, 15) is 29.1 Å². The van der Waals surface area contributed by atoms with Crippen LogP contribution in [0.3, 0.4) is 0 Å². The van der Waals surface area contributed by atoms with Gasteiger partial charge in [-0.15, -0.1) is 0 Å². The van der Waals surface area contributed by atoms with Crippen molar-refractivity contribution in [2.24, 2.45) is 0 Å². The Labute approximate surface area is 274 Å². The van der Waals surface area contributed by atoms with Gasteiger partial charge < -0.3 is 33.5 Å². The molecule has 266 valence electrons. The van der Waals surface area contributed by atoms with E-state index in [2.05, 4.69) is 6.92 Å². The topological polar surface area (TPSA) is 161 Å².